The Morgan fingerprint density at radius 1 is 1.59 bits per heavy atom. The zero-order valence-electron chi connectivity index (χ0n) is 9.79. The molecule has 0 spiro atoms. The lowest BCUT2D eigenvalue weighted by Crippen LogP contribution is -2.31. The molecule has 1 aliphatic heterocycles. The monoisotopic (exact) mass is 317 g/mol. The van der Waals surface area contributed by atoms with Gasteiger partial charge in [-0.3, -0.25) is 4.79 Å². The van der Waals surface area contributed by atoms with Gasteiger partial charge in [-0.25, -0.2) is 0 Å². The third kappa shape index (κ3) is 3.53. The molecule has 1 N–H and O–H groups in total. The highest BCUT2D eigenvalue weighted by atomic mass is 79.9. The van der Waals surface area contributed by atoms with Crippen LogP contribution in [0.1, 0.15) is 28.1 Å². The molecule has 5 heteroatoms. The molecule has 94 valence electrons. The van der Waals surface area contributed by atoms with Gasteiger partial charge in [-0.2, -0.15) is 0 Å². The lowest BCUT2D eigenvalue weighted by molar-refractivity contribution is 0.0643. The molecule has 0 aliphatic carbocycles. The quantitative estimate of drug-likeness (QED) is 0.930. The van der Waals surface area contributed by atoms with Crippen LogP contribution in [0.25, 0.3) is 0 Å². The molecule has 1 saturated heterocycles. The Bertz CT molecular complexity index is 380. The second-order valence-electron chi connectivity index (χ2n) is 4.33. The SMILES string of the molecule is Cc1cc(C(=O)NCC2CCOCC2)sc1Br. The van der Waals surface area contributed by atoms with Crippen molar-refractivity contribution in [3.05, 3.63) is 20.3 Å². The minimum atomic E-state index is 0.0373. The maximum Gasteiger partial charge on any atom is 0.261 e. The van der Waals surface area contributed by atoms with E-state index in [1.807, 2.05) is 13.0 Å². The normalized spacial score (nSPS) is 17.1. The summed E-state index contributed by atoms with van der Waals surface area (Å²) in [5.74, 6) is 0.604. The third-order valence-electron chi connectivity index (χ3n) is 2.97. The summed E-state index contributed by atoms with van der Waals surface area (Å²) >= 11 is 4.92. The standard InChI is InChI=1S/C12H16BrNO2S/c1-8-6-10(17-11(8)13)12(15)14-7-9-2-4-16-5-3-9/h6,9H,2-5,7H2,1H3,(H,14,15). The fraction of sp³-hybridized carbons (Fsp3) is 0.583. The lowest BCUT2D eigenvalue weighted by atomic mass is 10.0. The smallest absolute Gasteiger partial charge is 0.261 e. The van der Waals surface area contributed by atoms with Gasteiger partial charge in [0.05, 0.1) is 8.66 Å². The zero-order valence-corrected chi connectivity index (χ0v) is 12.2. The van der Waals surface area contributed by atoms with Gasteiger partial charge >= 0.3 is 0 Å². The highest BCUT2D eigenvalue weighted by molar-refractivity contribution is 9.11. The Balaban J connectivity index is 1.84. The molecule has 0 unspecified atom stereocenters. The molecule has 1 aromatic heterocycles. The number of rotatable bonds is 3. The molecule has 2 heterocycles. The highest BCUT2D eigenvalue weighted by Gasteiger charge is 2.16. The summed E-state index contributed by atoms with van der Waals surface area (Å²) in [5.41, 5.74) is 1.12. The molecule has 1 aliphatic rings. The van der Waals surface area contributed by atoms with E-state index in [1.165, 1.54) is 11.3 Å². The summed E-state index contributed by atoms with van der Waals surface area (Å²) in [7, 11) is 0. The van der Waals surface area contributed by atoms with Crippen LogP contribution in [-0.2, 0) is 4.74 Å². The van der Waals surface area contributed by atoms with E-state index in [2.05, 4.69) is 21.2 Å². The van der Waals surface area contributed by atoms with Crippen LogP contribution in [0.15, 0.2) is 9.85 Å². The Labute approximate surface area is 114 Å². The number of amides is 1. The van der Waals surface area contributed by atoms with Crippen molar-refractivity contribution < 1.29 is 9.53 Å². The first kappa shape index (κ1) is 13.1. The molecule has 0 bridgehead atoms. The number of ether oxygens (including phenoxy) is 1. The van der Waals surface area contributed by atoms with E-state index in [-0.39, 0.29) is 5.91 Å². The van der Waals surface area contributed by atoms with Crippen molar-refractivity contribution in [2.75, 3.05) is 19.8 Å². The summed E-state index contributed by atoms with van der Waals surface area (Å²) in [6.45, 7) is 4.40. The molecule has 0 aromatic carbocycles. The number of carbonyl (C=O) groups is 1. The molecule has 0 saturated carbocycles. The molecule has 0 radical (unpaired) electrons. The lowest BCUT2D eigenvalue weighted by Gasteiger charge is -2.21. The van der Waals surface area contributed by atoms with E-state index in [0.717, 1.165) is 46.8 Å². The van der Waals surface area contributed by atoms with Crippen molar-refractivity contribution in [2.45, 2.75) is 19.8 Å². The molecular weight excluding hydrogens is 302 g/mol. The number of halogens is 1. The second-order valence-corrected chi connectivity index (χ2v) is 6.70. The van der Waals surface area contributed by atoms with Crippen LogP contribution in [0.2, 0.25) is 0 Å². The van der Waals surface area contributed by atoms with Gasteiger partial charge in [0.15, 0.2) is 0 Å². The Morgan fingerprint density at radius 3 is 2.88 bits per heavy atom. The van der Waals surface area contributed by atoms with E-state index < -0.39 is 0 Å². The molecule has 3 nitrogen and oxygen atoms in total. The molecule has 1 fully saturated rings. The van der Waals surface area contributed by atoms with Gasteiger partial charge in [-0.15, -0.1) is 11.3 Å². The van der Waals surface area contributed by atoms with Gasteiger partial charge in [-0.1, -0.05) is 0 Å². The molecule has 0 atom stereocenters. The van der Waals surface area contributed by atoms with E-state index >= 15 is 0 Å². The van der Waals surface area contributed by atoms with Crippen LogP contribution in [0, 0.1) is 12.8 Å². The average molecular weight is 318 g/mol. The number of nitrogens with one attached hydrogen (secondary N) is 1. The summed E-state index contributed by atoms with van der Waals surface area (Å²) in [5, 5.41) is 3.00. The summed E-state index contributed by atoms with van der Waals surface area (Å²) < 4.78 is 6.33. The van der Waals surface area contributed by atoms with E-state index in [4.69, 9.17) is 4.74 Å². The largest absolute Gasteiger partial charge is 0.381 e. The Morgan fingerprint density at radius 2 is 2.29 bits per heavy atom. The first-order valence-electron chi connectivity index (χ1n) is 5.78. The third-order valence-corrected chi connectivity index (χ3v) is 5.11. The van der Waals surface area contributed by atoms with Crippen LogP contribution < -0.4 is 5.32 Å². The molecule has 17 heavy (non-hydrogen) atoms. The van der Waals surface area contributed by atoms with Crippen molar-refractivity contribution in [1.82, 2.24) is 5.32 Å². The topological polar surface area (TPSA) is 38.3 Å². The van der Waals surface area contributed by atoms with Crippen LogP contribution in [0.3, 0.4) is 0 Å². The van der Waals surface area contributed by atoms with Crippen molar-refractivity contribution in [3.63, 3.8) is 0 Å². The summed E-state index contributed by atoms with van der Waals surface area (Å²) in [6.07, 6.45) is 2.10. The molecule has 1 aromatic rings. The van der Waals surface area contributed by atoms with Crippen LogP contribution in [0.5, 0.6) is 0 Å². The van der Waals surface area contributed by atoms with Crippen LogP contribution in [-0.4, -0.2) is 25.7 Å². The molecule has 1 amide bonds. The number of thiophene rings is 1. The number of hydrogen-bond acceptors (Lipinski definition) is 3. The van der Waals surface area contributed by atoms with Gasteiger partial charge in [-0.05, 0) is 53.2 Å². The minimum absolute atomic E-state index is 0.0373. The summed E-state index contributed by atoms with van der Waals surface area (Å²) in [6, 6.07) is 1.92. The van der Waals surface area contributed by atoms with Crippen molar-refractivity contribution >= 4 is 33.2 Å². The summed E-state index contributed by atoms with van der Waals surface area (Å²) in [4.78, 5) is 12.7. The molecular formula is C12H16BrNO2S. The predicted molar refractivity (Wildman–Crippen MR) is 72.6 cm³/mol. The first-order valence-corrected chi connectivity index (χ1v) is 7.39. The number of hydrogen-bond donors (Lipinski definition) is 1. The highest BCUT2D eigenvalue weighted by Crippen LogP contribution is 2.27. The number of carbonyl (C=O) groups excluding carboxylic acids is 1. The zero-order chi connectivity index (χ0) is 12.3. The van der Waals surface area contributed by atoms with Crippen LogP contribution in [0.4, 0.5) is 0 Å². The van der Waals surface area contributed by atoms with Gasteiger partial charge in [0.2, 0.25) is 0 Å². The Hall–Kier alpha value is -0.390. The maximum absolute atomic E-state index is 11.9. The van der Waals surface area contributed by atoms with Crippen molar-refractivity contribution in [2.24, 2.45) is 5.92 Å². The fourth-order valence-corrected chi connectivity index (χ4v) is 3.30. The van der Waals surface area contributed by atoms with E-state index in [1.54, 1.807) is 0 Å². The van der Waals surface area contributed by atoms with Gasteiger partial charge in [0.25, 0.3) is 5.91 Å². The molecule has 2 rings (SSSR count). The predicted octanol–water partition coefficient (Wildman–Crippen LogP) is 2.98. The average Bonchev–Trinajstić information content (AvgIpc) is 2.68. The van der Waals surface area contributed by atoms with Gasteiger partial charge < -0.3 is 10.1 Å². The van der Waals surface area contributed by atoms with Gasteiger partial charge in [0.1, 0.15) is 0 Å². The number of aryl methyl sites for hydroxylation is 1. The van der Waals surface area contributed by atoms with E-state index in [0.29, 0.717) is 5.92 Å². The van der Waals surface area contributed by atoms with Crippen LogP contribution >= 0.6 is 27.3 Å². The minimum Gasteiger partial charge on any atom is -0.381 e. The van der Waals surface area contributed by atoms with Gasteiger partial charge in [0, 0.05) is 19.8 Å². The maximum atomic E-state index is 11.9. The van der Waals surface area contributed by atoms with E-state index in [9.17, 15) is 4.79 Å². The van der Waals surface area contributed by atoms with Crippen molar-refractivity contribution in [3.8, 4) is 0 Å². The van der Waals surface area contributed by atoms with Crippen molar-refractivity contribution in [1.29, 1.82) is 0 Å². The second kappa shape index (κ2) is 5.98. The first-order chi connectivity index (χ1) is 8.16. The fourth-order valence-electron chi connectivity index (χ4n) is 1.85. The Kier molecular flexibility index (Phi) is 4.59.